The molecule has 3 rings (SSSR count). The summed E-state index contributed by atoms with van der Waals surface area (Å²) in [6, 6.07) is 11.7. The second-order valence-corrected chi connectivity index (χ2v) is 10.5. The Balaban J connectivity index is 1.80. The number of hydrogen-bond donors (Lipinski definition) is 1. The maximum atomic E-state index is 12.8. The summed E-state index contributed by atoms with van der Waals surface area (Å²) in [6.07, 6.45) is 0. The SMILES string of the molecule is COc1ccc(Cl)cc1C(=O)N[C@H]1[C@@H](c2ccc(S(=O)(=O)N(C)C)cc2)C1(C)C. The number of carbonyl (C=O) groups excluding carboxylic acids is 1. The van der Waals surface area contributed by atoms with E-state index < -0.39 is 10.0 Å². The second-order valence-electron chi connectivity index (χ2n) is 7.95. The molecule has 0 radical (unpaired) electrons. The first-order chi connectivity index (χ1) is 13.5. The number of rotatable bonds is 6. The summed E-state index contributed by atoms with van der Waals surface area (Å²) < 4.78 is 31.0. The van der Waals surface area contributed by atoms with Gasteiger partial charge in [-0.25, -0.2) is 12.7 Å². The molecule has 0 aliphatic heterocycles. The van der Waals surface area contributed by atoms with Crippen LogP contribution in [-0.4, -0.2) is 45.9 Å². The zero-order valence-electron chi connectivity index (χ0n) is 17.1. The van der Waals surface area contributed by atoms with Gasteiger partial charge in [-0.2, -0.15) is 0 Å². The Labute approximate surface area is 176 Å². The summed E-state index contributed by atoms with van der Waals surface area (Å²) in [5.74, 6) is 0.282. The van der Waals surface area contributed by atoms with E-state index in [-0.39, 0.29) is 28.2 Å². The van der Waals surface area contributed by atoms with Crippen LogP contribution in [0.3, 0.4) is 0 Å². The zero-order chi connectivity index (χ0) is 21.6. The van der Waals surface area contributed by atoms with Gasteiger partial charge in [0.2, 0.25) is 10.0 Å². The van der Waals surface area contributed by atoms with Gasteiger partial charge in [0.1, 0.15) is 5.75 Å². The minimum Gasteiger partial charge on any atom is -0.496 e. The van der Waals surface area contributed by atoms with Gasteiger partial charge >= 0.3 is 0 Å². The first kappa shape index (κ1) is 21.6. The van der Waals surface area contributed by atoms with Crippen LogP contribution in [0.1, 0.15) is 35.7 Å². The Morgan fingerprint density at radius 1 is 1.14 bits per heavy atom. The fraction of sp³-hybridized carbons (Fsp3) is 0.381. The van der Waals surface area contributed by atoms with Crippen molar-refractivity contribution in [3.05, 3.63) is 58.6 Å². The molecule has 1 fully saturated rings. The molecule has 1 saturated carbocycles. The van der Waals surface area contributed by atoms with Crippen molar-refractivity contribution in [2.45, 2.75) is 30.7 Å². The van der Waals surface area contributed by atoms with E-state index in [1.165, 1.54) is 25.5 Å². The lowest BCUT2D eigenvalue weighted by Crippen LogP contribution is -2.29. The molecule has 0 bridgehead atoms. The molecule has 1 aliphatic rings. The second kappa shape index (κ2) is 7.63. The molecular weight excluding hydrogens is 412 g/mol. The highest BCUT2D eigenvalue weighted by Gasteiger charge is 2.59. The standard InChI is InChI=1S/C21H25ClN2O4S/c1-21(2)18(13-6-9-15(10-7-13)29(26,27)24(3)4)19(21)23-20(25)16-12-14(22)8-11-17(16)28-5/h6-12,18-19H,1-5H3,(H,23,25)/t18-,19+/m1/s1. The summed E-state index contributed by atoms with van der Waals surface area (Å²) in [6.45, 7) is 4.14. The molecule has 156 valence electrons. The molecule has 0 aromatic heterocycles. The highest BCUT2D eigenvalue weighted by molar-refractivity contribution is 7.89. The van der Waals surface area contributed by atoms with Crippen LogP contribution in [0.4, 0.5) is 0 Å². The predicted molar refractivity (Wildman–Crippen MR) is 113 cm³/mol. The van der Waals surface area contributed by atoms with Gasteiger partial charge in [-0.1, -0.05) is 37.6 Å². The van der Waals surface area contributed by atoms with E-state index in [9.17, 15) is 13.2 Å². The Bertz CT molecular complexity index is 1030. The third kappa shape index (κ3) is 3.99. The van der Waals surface area contributed by atoms with E-state index in [0.717, 1.165) is 5.56 Å². The van der Waals surface area contributed by atoms with Crippen molar-refractivity contribution in [3.8, 4) is 5.75 Å². The number of halogens is 1. The van der Waals surface area contributed by atoms with E-state index >= 15 is 0 Å². The molecule has 1 N–H and O–H groups in total. The number of methoxy groups -OCH3 is 1. The van der Waals surface area contributed by atoms with E-state index in [4.69, 9.17) is 16.3 Å². The minimum absolute atomic E-state index is 0.0766. The number of benzene rings is 2. The summed E-state index contributed by atoms with van der Waals surface area (Å²) in [4.78, 5) is 13.1. The highest BCUT2D eigenvalue weighted by Crippen LogP contribution is 2.58. The van der Waals surface area contributed by atoms with Gasteiger partial charge in [-0.15, -0.1) is 0 Å². The van der Waals surface area contributed by atoms with Crippen molar-refractivity contribution in [2.75, 3.05) is 21.2 Å². The van der Waals surface area contributed by atoms with Gasteiger partial charge in [0.25, 0.3) is 5.91 Å². The first-order valence-electron chi connectivity index (χ1n) is 9.17. The third-order valence-electron chi connectivity index (χ3n) is 5.54. The van der Waals surface area contributed by atoms with Crippen molar-refractivity contribution in [1.82, 2.24) is 9.62 Å². The number of ether oxygens (including phenoxy) is 1. The minimum atomic E-state index is -3.47. The highest BCUT2D eigenvalue weighted by atomic mass is 35.5. The fourth-order valence-electron chi connectivity index (χ4n) is 3.66. The molecule has 2 atom stereocenters. The van der Waals surface area contributed by atoms with Crippen LogP contribution in [0.2, 0.25) is 5.02 Å². The smallest absolute Gasteiger partial charge is 0.255 e. The maximum absolute atomic E-state index is 12.8. The molecule has 2 aromatic carbocycles. The fourth-order valence-corrected chi connectivity index (χ4v) is 4.74. The van der Waals surface area contributed by atoms with Gasteiger partial charge in [0.15, 0.2) is 0 Å². The first-order valence-corrected chi connectivity index (χ1v) is 11.0. The average molecular weight is 437 g/mol. The average Bonchev–Trinajstić information content (AvgIpc) is 3.21. The molecule has 29 heavy (non-hydrogen) atoms. The number of nitrogens with zero attached hydrogens (tertiary/aromatic N) is 1. The van der Waals surface area contributed by atoms with Gasteiger partial charge < -0.3 is 10.1 Å². The molecular formula is C21H25ClN2O4S. The van der Waals surface area contributed by atoms with Crippen LogP contribution in [-0.2, 0) is 10.0 Å². The predicted octanol–water partition coefficient (Wildman–Crippen LogP) is 3.52. The number of carbonyl (C=O) groups is 1. The largest absolute Gasteiger partial charge is 0.496 e. The molecule has 0 unspecified atom stereocenters. The Hall–Kier alpha value is -2.09. The summed E-state index contributed by atoms with van der Waals surface area (Å²) in [5, 5.41) is 3.53. The molecule has 6 nitrogen and oxygen atoms in total. The summed E-state index contributed by atoms with van der Waals surface area (Å²) in [7, 11) is 1.04. The van der Waals surface area contributed by atoms with Crippen molar-refractivity contribution >= 4 is 27.5 Å². The van der Waals surface area contributed by atoms with Crippen molar-refractivity contribution in [1.29, 1.82) is 0 Å². The van der Waals surface area contributed by atoms with Crippen molar-refractivity contribution in [3.63, 3.8) is 0 Å². The maximum Gasteiger partial charge on any atom is 0.255 e. The van der Waals surface area contributed by atoms with Gasteiger partial charge in [0.05, 0.1) is 17.6 Å². The van der Waals surface area contributed by atoms with Crippen molar-refractivity contribution < 1.29 is 17.9 Å². The van der Waals surface area contributed by atoms with Crippen molar-refractivity contribution in [2.24, 2.45) is 5.41 Å². The Kier molecular flexibility index (Phi) is 5.69. The molecule has 1 amide bonds. The van der Waals surface area contributed by atoms with Crippen LogP contribution in [0, 0.1) is 5.41 Å². The molecule has 1 aliphatic carbocycles. The molecule has 8 heteroatoms. The van der Waals surface area contributed by atoms with E-state index in [0.29, 0.717) is 16.3 Å². The lowest BCUT2D eigenvalue weighted by Gasteiger charge is -2.12. The van der Waals surface area contributed by atoms with Gasteiger partial charge in [0, 0.05) is 31.1 Å². The normalized spacial score (nSPS) is 20.4. The third-order valence-corrected chi connectivity index (χ3v) is 7.60. The number of sulfonamides is 1. The number of hydrogen-bond acceptors (Lipinski definition) is 4. The number of nitrogens with one attached hydrogen (secondary N) is 1. The van der Waals surface area contributed by atoms with E-state index in [2.05, 4.69) is 19.2 Å². The Morgan fingerprint density at radius 3 is 2.31 bits per heavy atom. The van der Waals surface area contributed by atoms with Crippen LogP contribution >= 0.6 is 11.6 Å². The van der Waals surface area contributed by atoms with Crippen LogP contribution in [0.25, 0.3) is 0 Å². The van der Waals surface area contributed by atoms with E-state index in [1.54, 1.807) is 30.3 Å². The monoisotopic (exact) mass is 436 g/mol. The van der Waals surface area contributed by atoms with Crippen LogP contribution < -0.4 is 10.1 Å². The zero-order valence-corrected chi connectivity index (χ0v) is 18.6. The molecule has 2 aromatic rings. The topological polar surface area (TPSA) is 75.7 Å². The van der Waals surface area contributed by atoms with Crippen LogP contribution in [0.5, 0.6) is 5.75 Å². The van der Waals surface area contributed by atoms with Gasteiger partial charge in [-0.3, -0.25) is 4.79 Å². The summed E-state index contributed by atoms with van der Waals surface area (Å²) >= 11 is 6.04. The Morgan fingerprint density at radius 2 is 1.76 bits per heavy atom. The van der Waals surface area contributed by atoms with E-state index in [1.807, 2.05) is 12.1 Å². The summed E-state index contributed by atoms with van der Waals surface area (Å²) in [5.41, 5.74) is 1.20. The number of amides is 1. The quantitative estimate of drug-likeness (QED) is 0.751. The molecule has 0 spiro atoms. The molecule has 0 heterocycles. The molecule has 0 saturated heterocycles. The van der Waals surface area contributed by atoms with Crippen LogP contribution in [0.15, 0.2) is 47.4 Å². The van der Waals surface area contributed by atoms with Gasteiger partial charge in [-0.05, 0) is 41.3 Å². The lowest BCUT2D eigenvalue weighted by atomic mass is 10.0. The lowest BCUT2D eigenvalue weighted by molar-refractivity contribution is 0.0943.